The molecule has 0 bridgehead atoms. The van der Waals surface area contributed by atoms with Crippen LogP contribution in [0.2, 0.25) is 0 Å². The molecule has 1 unspecified atom stereocenters. The van der Waals surface area contributed by atoms with Gasteiger partial charge in [0.25, 0.3) is 0 Å². The van der Waals surface area contributed by atoms with Gasteiger partial charge < -0.3 is 5.73 Å². The van der Waals surface area contributed by atoms with E-state index in [-0.39, 0.29) is 6.54 Å². The van der Waals surface area contributed by atoms with Gasteiger partial charge in [-0.05, 0) is 12.3 Å². The summed E-state index contributed by atoms with van der Waals surface area (Å²) < 4.78 is 14.6. The van der Waals surface area contributed by atoms with E-state index < -0.39 is 11.1 Å². The molecule has 0 aromatic carbocycles. The number of hydrogen-bond acceptors (Lipinski definition) is 3. The van der Waals surface area contributed by atoms with Gasteiger partial charge in [-0.2, -0.15) is 0 Å². The summed E-state index contributed by atoms with van der Waals surface area (Å²) in [6, 6.07) is 0. The number of hydrogen-bond donors (Lipinski definition) is 1. The van der Waals surface area contributed by atoms with Gasteiger partial charge in [0.05, 0.1) is 10.7 Å². The van der Waals surface area contributed by atoms with Gasteiger partial charge in [0.15, 0.2) is 0 Å². The molecule has 1 aromatic heterocycles. The van der Waals surface area contributed by atoms with Crippen molar-refractivity contribution in [3.8, 4) is 0 Å². The Hall–Kier alpha value is -0.480. The van der Waals surface area contributed by atoms with Crippen LogP contribution in [0.25, 0.3) is 0 Å². The number of thiazole rings is 1. The van der Waals surface area contributed by atoms with Gasteiger partial charge in [-0.3, -0.25) is 0 Å². The van der Waals surface area contributed by atoms with E-state index in [0.717, 1.165) is 10.7 Å². The molecule has 0 aliphatic carbocycles. The van der Waals surface area contributed by atoms with E-state index in [1.54, 1.807) is 11.3 Å². The van der Waals surface area contributed by atoms with E-state index in [4.69, 9.17) is 5.73 Å². The molecule has 1 rings (SSSR count). The average molecular weight is 230 g/mol. The minimum Gasteiger partial charge on any atom is -0.327 e. The lowest BCUT2D eigenvalue weighted by Gasteiger charge is -2.36. The molecule has 86 valence electrons. The molecule has 0 saturated heterocycles. The molecule has 0 aliphatic heterocycles. The fourth-order valence-electron chi connectivity index (χ4n) is 1.42. The molecule has 0 spiro atoms. The van der Waals surface area contributed by atoms with Crippen LogP contribution in [-0.4, -0.2) is 17.2 Å². The number of nitrogens with two attached hydrogens (primary N) is 1. The molecule has 1 heterocycles. The van der Waals surface area contributed by atoms with Crippen molar-refractivity contribution in [2.45, 2.75) is 39.8 Å². The van der Waals surface area contributed by atoms with Crippen LogP contribution in [0.5, 0.6) is 0 Å². The average Bonchev–Trinajstić information content (AvgIpc) is 2.49. The standard InChI is InChI=1S/C11H19FN2S/c1-8-14-9(6-15-8)5-11(12,7-13)10(2,3)4/h6H,5,7,13H2,1-4H3. The first-order valence-electron chi connectivity index (χ1n) is 5.08. The zero-order valence-electron chi connectivity index (χ0n) is 9.80. The normalized spacial score (nSPS) is 16.4. The Bertz CT molecular complexity index is 330. The van der Waals surface area contributed by atoms with Crippen molar-refractivity contribution in [2.24, 2.45) is 11.1 Å². The number of alkyl halides is 1. The molecular formula is C11H19FN2S. The van der Waals surface area contributed by atoms with Gasteiger partial charge >= 0.3 is 0 Å². The van der Waals surface area contributed by atoms with Crippen molar-refractivity contribution in [1.29, 1.82) is 0 Å². The molecule has 15 heavy (non-hydrogen) atoms. The number of rotatable bonds is 3. The van der Waals surface area contributed by atoms with Gasteiger partial charge in [0.2, 0.25) is 0 Å². The zero-order valence-corrected chi connectivity index (χ0v) is 10.6. The molecule has 0 saturated carbocycles. The van der Waals surface area contributed by atoms with Crippen LogP contribution in [0.1, 0.15) is 31.5 Å². The van der Waals surface area contributed by atoms with Crippen molar-refractivity contribution >= 4 is 11.3 Å². The third kappa shape index (κ3) is 2.75. The number of halogens is 1. The molecule has 0 aliphatic rings. The molecule has 1 aromatic rings. The maximum Gasteiger partial charge on any atom is 0.133 e. The predicted octanol–water partition coefficient (Wildman–Crippen LogP) is 2.71. The lowest BCUT2D eigenvalue weighted by Crippen LogP contribution is -2.47. The summed E-state index contributed by atoms with van der Waals surface area (Å²) in [5.41, 5.74) is 4.51. The minimum absolute atomic E-state index is 0.0348. The van der Waals surface area contributed by atoms with Gasteiger partial charge in [0.1, 0.15) is 5.67 Å². The van der Waals surface area contributed by atoms with E-state index >= 15 is 0 Å². The molecule has 1 atom stereocenters. The van der Waals surface area contributed by atoms with Gasteiger partial charge in [-0.25, -0.2) is 9.37 Å². The van der Waals surface area contributed by atoms with E-state index in [9.17, 15) is 4.39 Å². The van der Waals surface area contributed by atoms with Crippen molar-refractivity contribution in [3.05, 3.63) is 16.1 Å². The SMILES string of the molecule is Cc1nc(CC(F)(CN)C(C)(C)C)cs1. The van der Waals surface area contributed by atoms with Crippen molar-refractivity contribution in [3.63, 3.8) is 0 Å². The summed E-state index contributed by atoms with van der Waals surface area (Å²) in [6.45, 7) is 7.58. The monoisotopic (exact) mass is 230 g/mol. The zero-order chi connectivity index (χ0) is 11.7. The molecular weight excluding hydrogens is 211 g/mol. The Kier molecular flexibility index (Phi) is 3.51. The molecule has 2 nitrogen and oxygen atoms in total. The van der Waals surface area contributed by atoms with Crippen LogP contribution in [0.15, 0.2) is 5.38 Å². The summed E-state index contributed by atoms with van der Waals surface area (Å²) in [5.74, 6) is 0. The fourth-order valence-corrected chi connectivity index (χ4v) is 2.03. The summed E-state index contributed by atoms with van der Waals surface area (Å²) in [7, 11) is 0. The molecule has 4 heteroatoms. The van der Waals surface area contributed by atoms with Crippen LogP contribution in [0.3, 0.4) is 0 Å². The van der Waals surface area contributed by atoms with E-state index in [1.165, 1.54) is 0 Å². The first kappa shape index (κ1) is 12.6. The Labute approximate surface area is 94.7 Å². The summed E-state index contributed by atoms with van der Waals surface area (Å²) in [5, 5.41) is 2.88. The third-order valence-electron chi connectivity index (χ3n) is 2.80. The predicted molar refractivity (Wildman–Crippen MR) is 62.9 cm³/mol. The van der Waals surface area contributed by atoms with E-state index in [2.05, 4.69) is 4.98 Å². The molecule has 2 N–H and O–H groups in total. The number of nitrogens with zero attached hydrogens (tertiary/aromatic N) is 1. The highest BCUT2D eigenvalue weighted by molar-refractivity contribution is 7.09. The van der Waals surface area contributed by atoms with Crippen molar-refractivity contribution in [1.82, 2.24) is 4.98 Å². The highest BCUT2D eigenvalue weighted by atomic mass is 32.1. The molecule has 0 radical (unpaired) electrons. The Balaban J connectivity index is 2.86. The fraction of sp³-hybridized carbons (Fsp3) is 0.727. The Morgan fingerprint density at radius 1 is 1.47 bits per heavy atom. The lowest BCUT2D eigenvalue weighted by molar-refractivity contribution is 0.0374. The van der Waals surface area contributed by atoms with Crippen molar-refractivity contribution < 1.29 is 4.39 Å². The summed E-state index contributed by atoms with van der Waals surface area (Å²) in [6.07, 6.45) is 0.303. The van der Waals surface area contributed by atoms with Crippen LogP contribution in [0.4, 0.5) is 4.39 Å². The molecule has 0 amide bonds. The van der Waals surface area contributed by atoms with Gasteiger partial charge in [0, 0.05) is 18.3 Å². The second kappa shape index (κ2) is 4.18. The maximum absolute atomic E-state index is 14.6. The van der Waals surface area contributed by atoms with Crippen molar-refractivity contribution in [2.75, 3.05) is 6.54 Å². The molecule has 0 fully saturated rings. The van der Waals surface area contributed by atoms with Gasteiger partial charge in [-0.1, -0.05) is 20.8 Å². The van der Waals surface area contributed by atoms with Crippen LogP contribution in [-0.2, 0) is 6.42 Å². The van der Waals surface area contributed by atoms with E-state index in [1.807, 2.05) is 33.1 Å². The highest BCUT2D eigenvalue weighted by Gasteiger charge is 2.41. The van der Waals surface area contributed by atoms with Crippen LogP contribution < -0.4 is 5.73 Å². The van der Waals surface area contributed by atoms with Crippen LogP contribution in [0, 0.1) is 12.3 Å². The number of aromatic nitrogens is 1. The topological polar surface area (TPSA) is 38.9 Å². The highest BCUT2D eigenvalue weighted by Crippen LogP contribution is 2.36. The quantitative estimate of drug-likeness (QED) is 0.867. The van der Waals surface area contributed by atoms with Gasteiger partial charge in [-0.15, -0.1) is 11.3 Å². The summed E-state index contributed by atoms with van der Waals surface area (Å²) >= 11 is 1.55. The second-order valence-electron chi connectivity index (χ2n) is 4.95. The van der Waals surface area contributed by atoms with E-state index in [0.29, 0.717) is 6.42 Å². The Morgan fingerprint density at radius 2 is 2.07 bits per heavy atom. The maximum atomic E-state index is 14.6. The second-order valence-corrected chi connectivity index (χ2v) is 6.02. The minimum atomic E-state index is -1.38. The lowest BCUT2D eigenvalue weighted by atomic mass is 9.75. The first-order valence-corrected chi connectivity index (χ1v) is 5.96. The summed E-state index contributed by atoms with van der Waals surface area (Å²) in [4.78, 5) is 4.28. The first-order chi connectivity index (χ1) is 6.78. The number of aryl methyl sites for hydroxylation is 1. The van der Waals surface area contributed by atoms with Crippen LogP contribution >= 0.6 is 11.3 Å². The third-order valence-corrected chi connectivity index (χ3v) is 3.62. The smallest absolute Gasteiger partial charge is 0.133 e. The largest absolute Gasteiger partial charge is 0.327 e. The Morgan fingerprint density at radius 3 is 2.40 bits per heavy atom.